The number of benzene rings is 2. The van der Waals surface area contributed by atoms with Gasteiger partial charge in [-0.3, -0.25) is 4.79 Å². The number of hydrogen-bond acceptors (Lipinski definition) is 6. The Bertz CT molecular complexity index is 1290. The molecule has 1 fully saturated rings. The lowest BCUT2D eigenvalue weighted by Crippen LogP contribution is -2.51. The number of nitrogens with zero attached hydrogens (tertiary/aromatic N) is 5. The number of amides is 1. The summed E-state index contributed by atoms with van der Waals surface area (Å²) in [6.45, 7) is 3.18. The van der Waals surface area contributed by atoms with E-state index in [9.17, 15) is 9.18 Å². The predicted molar refractivity (Wildman–Crippen MR) is 122 cm³/mol. The summed E-state index contributed by atoms with van der Waals surface area (Å²) < 4.78 is 19.7. The fraction of sp³-hybridized carbons (Fsp3) is 0.304. The summed E-state index contributed by atoms with van der Waals surface area (Å²) in [5, 5.41) is 12.0. The molecule has 0 radical (unpaired) electrons. The van der Waals surface area contributed by atoms with E-state index in [1.807, 2.05) is 4.90 Å². The van der Waals surface area contributed by atoms with Gasteiger partial charge in [0.2, 0.25) is 0 Å². The van der Waals surface area contributed by atoms with Gasteiger partial charge in [0.1, 0.15) is 17.0 Å². The van der Waals surface area contributed by atoms with Crippen LogP contribution in [0.25, 0.3) is 16.8 Å². The molecule has 33 heavy (non-hydrogen) atoms. The molecule has 2 aromatic carbocycles. The number of carbonyl (C=O) groups is 1. The molecule has 0 bridgehead atoms. The highest BCUT2D eigenvalue weighted by atomic mass is 35.5. The second-order valence-corrected chi connectivity index (χ2v) is 8.61. The van der Waals surface area contributed by atoms with Gasteiger partial charge in [0, 0.05) is 24.2 Å². The first kappa shape index (κ1) is 21.4. The first-order valence-electron chi connectivity index (χ1n) is 10.8. The maximum atomic E-state index is 14.0. The third-order valence-corrected chi connectivity index (χ3v) is 6.25. The van der Waals surface area contributed by atoms with Gasteiger partial charge in [-0.1, -0.05) is 18.5 Å². The van der Waals surface area contributed by atoms with Gasteiger partial charge >= 0.3 is 0 Å². The Kier molecular flexibility index (Phi) is 5.72. The lowest BCUT2D eigenvalue weighted by molar-refractivity contribution is 0.0539. The van der Waals surface area contributed by atoms with Gasteiger partial charge in [0.15, 0.2) is 5.58 Å². The third kappa shape index (κ3) is 4.28. The van der Waals surface area contributed by atoms with Crippen LogP contribution < -0.4 is 5.32 Å². The van der Waals surface area contributed by atoms with E-state index < -0.39 is 5.82 Å². The quantitative estimate of drug-likeness (QED) is 0.462. The van der Waals surface area contributed by atoms with Crippen LogP contribution in [0, 0.1) is 11.7 Å². The lowest BCUT2D eigenvalue weighted by Gasteiger charge is -2.40. The molecule has 2 aromatic heterocycles. The molecule has 4 aromatic rings. The zero-order valence-electron chi connectivity index (χ0n) is 17.9. The summed E-state index contributed by atoms with van der Waals surface area (Å²) in [5.74, 6) is -0.397. The summed E-state index contributed by atoms with van der Waals surface area (Å²) >= 11 is 6.04. The Morgan fingerprint density at radius 2 is 2.06 bits per heavy atom. The second kappa shape index (κ2) is 8.82. The molecule has 1 aliphatic heterocycles. The van der Waals surface area contributed by atoms with Crippen LogP contribution in [0.15, 0.2) is 53.2 Å². The summed E-state index contributed by atoms with van der Waals surface area (Å²) in [5.41, 5.74) is 1.96. The summed E-state index contributed by atoms with van der Waals surface area (Å²) in [7, 11) is 0. The molecule has 170 valence electrons. The van der Waals surface area contributed by atoms with E-state index in [1.54, 1.807) is 18.2 Å². The molecule has 1 aliphatic rings. The topological polar surface area (TPSA) is 89.1 Å². The van der Waals surface area contributed by atoms with E-state index in [-0.39, 0.29) is 17.9 Å². The lowest BCUT2D eigenvalue weighted by atomic mass is 9.90. The predicted octanol–water partition coefficient (Wildman–Crippen LogP) is 4.55. The molecule has 0 aliphatic carbocycles. The number of piperidine rings is 1. The number of fused-ring (bicyclic) bond motifs is 1. The van der Waals surface area contributed by atoms with Gasteiger partial charge in [0.05, 0.1) is 24.0 Å². The highest BCUT2D eigenvalue weighted by Gasteiger charge is 2.34. The van der Waals surface area contributed by atoms with Crippen LogP contribution in [0.5, 0.6) is 0 Å². The van der Waals surface area contributed by atoms with Gasteiger partial charge in [-0.15, -0.1) is 0 Å². The van der Waals surface area contributed by atoms with E-state index in [2.05, 4.69) is 27.4 Å². The van der Waals surface area contributed by atoms with Crippen molar-refractivity contribution in [2.24, 2.45) is 5.92 Å². The van der Waals surface area contributed by atoms with Crippen LogP contribution in [0.3, 0.4) is 0 Å². The number of likely N-dealkylation sites (tertiary alicyclic amines) is 1. The van der Waals surface area contributed by atoms with Crippen LogP contribution in [-0.4, -0.2) is 49.9 Å². The number of hydrogen-bond donors (Lipinski definition) is 1. The molecule has 3 heterocycles. The van der Waals surface area contributed by atoms with Crippen LogP contribution in [0.2, 0.25) is 5.02 Å². The van der Waals surface area contributed by atoms with Gasteiger partial charge in [-0.2, -0.15) is 20.0 Å². The summed E-state index contributed by atoms with van der Waals surface area (Å²) in [6.07, 6.45) is 4.86. The van der Waals surface area contributed by atoms with Crippen molar-refractivity contribution in [3.8, 4) is 5.69 Å². The monoisotopic (exact) mass is 468 g/mol. The fourth-order valence-corrected chi connectivity index (χ4v) is 4.49. The second-order valence-electron chi connectivity index (χ2n) is 8.18. The van der Waals surface area contributed by atoms with Gasteiger partial charge in [-0.25, -0.2) is 4.39 Å². The van der Waals surface area contributed by atoms with Crippen molar-refractivity contribution >= 4 is 34.6 Å². The van der Waals surface area contributed by atoms with Gasteiger partial charge in [0.25, 0.3) is 11.9 Å². The van der Waals surface area contributed by atoms with E-state index >= 15 is 0 Å². The van der Waals surface area contributed by atoms with Crippen molar-refractivity contribution in [3.05, 3.63) is 65.2 Å². The van der Waals surface area contributed by atoms with E-state index in [0.29, 0.717) is 46.5 Å². The van der Waals surface area contributed by atoms with Crippen molar-refractivity contribution in [3.63, 3.8) is 0 Å². The smallest absolute Gasteiger partial charge is 0.295 e. The molecule has 2 unspecified atom stereocenters. The normalized spacial score (nSPS) is 18.6. The van der Waals surface area contributed by atoms with Gasteiger partial charge in [-0.05, 0) is 49.1 Å². The molecule has 1 saturated heterocycles. The number of carbonyl (C=O) groups excluding carboxylic acids is 1. The highest BCUT2D eigenvalue weighted by molar-refractivity contribution is 6.31. The number of anilines is 1. The first-order valence-corrected chi connectivity index (χ1v) is 11.1. The summed E-state index contributed by atoms with van der Waals surface area (Å²) in [4.78, 5) is 21.2. The average molecular weight is 469 g/mol. The standard InChI is InChI=1S/C23H22ClFN6O2/c1-14-3-2-10-30(20(14)13-26-23-29-18-11-15(24)4-7-21(18)33-23)22(32)17-6-5-16(25)12-19(17)31-27-8-9-28-31/h4-9,11-12,14,20H,2-3,10,13H2,1H3,(H,26,29). The minimum atomic E-state index is -0.458. The Hall–Kier alpha value is -3.46. The highest BCUT2D eigenvalue weighted by Crippen LogP contribution is 2.28. The molecular weight excluding hydrogens is 447 g/mol. The summed E-state index contributed by atoms with van der Waals surface area (Å²) in [6, 6.07) is 9.58. The molecule has 10 heteroatoms. The minimum absolute atomic E-state index is 0.103. The van der Waals surface area contributed by atoms with Crippen LogP contribution in [0.4, 0.5) is 10.4 Å². The number of aromatic nitrogens is 4. The molecule has 0 saturated carbocycles. The van der Waals surface area contributed by atoms with Crippen molar-refractivity contribution in [1.82, 2.24) is 24.9 Å². The average Bonchev–Trinajstić information content (AvgIpc) is 3.47. The molecule has 1 N–H and O–H groups in total. The fourth-order valence-electron chi connectivity index (χ4n) is 4.33. The van der Waals surface area contributed by atoms with Crippen LogP contribution >= 0.6 is 11.6 Å². The van der Waals surface area contributed by atoms with Crippen molar-refractivity contribution < 1.29 is 13.6 Å². The van der Waals surface area contributed by atoms with E-state index in [4.69, 9.17) is 16.0 Å². The van der Waals surface area contributed by atoms with Crippen molar-refractivity contribution in [2.75, 3.05) is 18.4 Å². The Labute approximate surface area is 194 Å². The molecular formula is C23H22ClFN6O2. The Morgan fingerprint density at radius 3 is 2.88 bits per heavy atom. The SMILES string of the molecule is CC1CCCN(C(=O)c2ccc(F)cc2-n2nccn2)C1CNc1nc2cc(Cl)ccc2o1. The van der Waals surface area contributed by atoms with Crippen molar-refractivity contribution in [1.29, 1.82) is 0 Å². The zero-order valence-corrected chi connectivity index (χ0v) is 18.7. The third-order valence-electron chi connectivity index (χ3n) is 6.01. The van der Waals surface area contributed by atoms with E-state index in [0.717, 1.165) is 12.8 Å². The van der Waals surface area contributed by atoms with Gasteiger partial charge < -0.3 is 14.6 Å². The van der Waals surface area contributed by atoms with Crippen molar-refractivity contribution in [2.45, 2.75) is 25.8 Å². The first-order chi connectivity index (χ1) is 16.0. The van der Waals surface area contributed by atoms with Crippen LogP contribution in [-0.2, 0) is 0 Å². The number of rotatable bonds is 5. The molecule has 1 amide bonds. The zero-order chi connectivity index (χ0) is 22.9. The maximum Gasteiger partial charge on any atom is 0.295 e. The number of nitrogens with one attached hydrogen (secondary N) is 1. The molecule has 0 spiro atoms. The number of oxazole rings is 1. The van der Waals surface area contributed by atoms with Crippen LogP contribution in [0.1, 0.15) is 30.1 Å². The molecule has 2 atom stereocenters. The molecule has 5 rings (SSSR count). The minimum Gasteiger partial charge on any atom is -0.424 e. The Morgan fingerprint density at radius 1 is 1.24 bits per heavy atom. The number of halogens is 2. The largest absolute Gasteiger partial charge is 0.424 e. The maximum absolute atomic E-state index is 14.0. The van der Waals surface area contributed by atoms with E-state index in [1.165, 1.54) is 35.4 Å². The molecule has 8 nitrogen and oxygen atoms in total. The Balaban J connectivity index is 1.40.